The highest BCUT2D eigenvalue weighted by Crippen LogP contribution is 2.50. The van der Waals surface area contributed by atoms with Crippen molar-refractivity contribution in [1.29, 1.82) is 5.26 Å². The molecule has 0 bridgehead atoms. The topological polar surface area (TPSA) is 61.2 Å². The van der Waals surface area contributed by atoms with Gasteiger partial charge < -0.3 is 4.90 Å². The monoisotopic (exact) mass is 242 g/mol. The summed E-state index contributed by atoms with van der Waals surface area (Å²) in [6.45, 7) is 2.67. The Morgan fingerprint density at radius 1 is 1.38 bits per heavy atom. The van der Waals surface area contributed by atoms with E-state index in [1.165, 1.54) is 25.5 Å². The van der Waals surface area contributed by atoms with Crippen LogP contribution >= 0.6 is 0 Å². The van der Waals surface area contributed by atoms with Crippen molar-refractivity contribution in [3.8, 4) is 6.07 Å². The van der Waals surface area contributed by atoms with Crippen LogP contribution in [0.5, 0.6) is 0 Å². The molecule has 16 heavy (non-hydrogen) atoms. The number of sulfone groups is 1. The molecule has 2 fully saturated rings. The zero-order valence-corrected chi connectivity index (χ0v) is 10.5. The molecular formula is C11H18N2O2S. The van der Waals surface area contributed by atoms with Crippen LogP contribution in [-0.4, -0.2) is 44.5 Å². The van der Waals surface area contributed by atoms with Gasteiger partial charge in [0.1, 0.15) is 0 Å². The molecule has 0 aromatic rings. The molecule has 0 aromatic carbocycles. The van der Waals surface area contributed by atoms with Crippen LogP contribution in [0.4, 0.5) is 0 Å². The summed E-state index contributed by atoms with van der Waals surface area (Å²) in [5.74, 6) is 0. The summed E-state index contributed by atoms with van der Waals surface area (Å²) in [6, 6.07) is 2.24. The van der Waals surface area contributed by atoms with E-state index in [4.69, 9.17) is 0 Å². The van der Waals surface area contributed by atoms with Crippen molar-refractivity contribution in [3.05, 3.63) is 0 Å². The minimum absolute atomic E-state index is 0.424. The Labute approximate surface area is 97.2 Å². The summed E-state index contributed by atoms with van der Waals surface area (Å²) in [5.41, 5.74) is -0.606. The summed E-state index contributed by atoms with van der Waals surface area (Å²) < 4.78 is 22.9. The third-order valence-corrected chi connectivity index (χ3v) is 5.35. The molecule has 0 aromatic heterocycles. The van der Waals surface area contributed by atoms with Gasteiger partial charge in [-0.15, -0.1) is 0 Å². The number of rotatable bonds is 3. The standard InChI is InChI=1S/C11H18N2O2S/c1-16(14,15)10-7-11(10,8-12)9-13-5-3-2-4-6-13/h10H,2-7,9H2,1H3. The number of piperidine rings is 1. The Morgan fingerprint density at radius 2 is 2.00 bits per heavy atom. The predicted molar refractivity (Wildman–Crippen MR) is 61.6 cm³/mol. The Hall–Kier alpha value is -0.600. The van der Waals surface area contributed by atoms with Gasteiger partial charge in [0.15, 0.2) is 9.84 Å². The molecule has 1 aliphatic carbocycles. The average Bonchev–Trinajstić information content (AvgIpc) is 2.95. The highest BCUT2D eigenvalue weighted by molar-refractivity contribution is 7.91. The van der Waals surface area contributed by atoms with E-state index in [0.29, 0.717) is 13.0 Å². The summed E-state index contributed by atoms with van der Waals surface area (Å²) in [6.07, 6.45) is 5.37. The third kappa shape index (κ3) is 2.23. The van der Waals surface area contributed by atoms with Crippen molar-refractivity contribution < 1.29 is 8.42 Å². The van der Waals surface area contributed by atoms with Crippen LogP contribution in [0.3, 0.4) is 0 Å². The van der Waals surface area contributed by atoms with Gasteiger partial charge in [0.2, 0.25) is 0 Å². The fraction of sp³-hybridized carbons (Fsp3) is 0.909. The Bertz CT molecular complexity index is 406. The molecule has 0 amide bonds. The lowest BCUT2D eigenvalue weighted by atomic mass is 10.1. The normalized spacial score (nSPS) is 35.6. The van der Waals surface area contributed by atoms with Crippen LogP contribution in [0.25, 0.3) is 0 Å². The highest BCUT2D eigenvalue weighted by Gasteiger charge is 2.61. The Morgan fingerprint density at radius 3 is 2.44 bits per heavy atom. The van der Waals surface area contributed by atoms with Crippen molar-refractivity contribution >= 4 is 9.84 Å². The number of hydrogen-bond donors (Lipinski definition) is 0. The van der Waals surface area contributed by atoms with Gasteiger partial charge in [-0.3, -0.25) is 0 Å². The van der Waals surface area contributed by atoms with Gasteiger partial charge in [-0.2, -0.15) is 5.26 Å². The molecule has 5 heteroatoms. The molecule has 0 radical (unpaired) electrons. The van der Waals surface area contributed by atoms with E-state index in [9.17, 15) is 13.7 Å². The quantitative estimate of drug-likeness (QED) is 0.734. The van der Waals surface area contributed by atoms with E-state index >= 15 is 0 Å². The van der Waals surface area contributed by atoms with E-state index in [0.717, 1.165) is 13.1 Å². The SMILES string of the molecule is CS(=O)(=O)C1CC1(C#N)CN1CCCCC1. The fourth-order valence-corrected chi connectivity index (χ4v) is 4.22. The van der Waals surface area contributed by atoms with Gasteiger partial charge in [-0.1, -0.05) is 6.42 Å². The minimum atomic E-state index is -3.05. The van der Waals surface area contributed by atoms with Crippen LogP contribution in [0, 0.1) is 16.7 Å². The van der Waals surface area contributed by atoms with Gasteiger partial charge in [0, 0.05) is 12.8 Å². The summed E-state index contributed by atoms with van der Waals surface area (Å²) >= 11 is 0. The second-order valence-electron chi connectivity index (χ2n) is 5.13. The largest absolute Gasteiger partial charge is 0.302 e. The lowest BCUT2D eigenvalue weighted by Crippen LogP contribution is -2.36. The predicted octanol–water partition coefficient (Wildman–Crippen LogP) is 0.799. The van der Waals surface area contributed by atoms with Gasteiger partial charge in [0.05, 0.1) is 16.7 Å². The second-order valence-corrected chi connectivity index (χ2v) is 7.36. The maximum absolute atomic E-state index is 11.4. The Balaban J connectivity index is 2.01. The molecule has 0 N–H and O–H groups in total. The second kappa shape index (κ2) is 4.01. The number of nitrogens with zero attached hydrogens (tertiary/aromatic N) is 2. The van der Waals surface area contributed by atoms with E-state index in [1.807, 2.05) is 0 Å². The molecule has 4 nitrogen and oxygen atoms in total. The van der Waals surface area contributed by atoms with Crippen molar-refractivity contribution in [2.75, 3.05) is 25.9 Å². The first-order valence-electron chi connectivity index (χ1n) is 5.80. The van der Waals surface area contributed by atoms with Crippen LogP contribution in [0.1, 0.15) is 25.7 Å². The molecular weight excluding hydrogens is 224 g/mol. The van der Waals surface area contributed by atoms with Gasteiger partial charge in [-0.05, 0) is 32.4 Å². The van der Waals surface area contributed by atoms with Crippen LogP contribution < -0.4 is 0 Å². The van der Waals surface area contributed by atoms with Crippen LogP contribution in [0.2, 0.25) is 0 Å². The molecule has 2 unspecified atom stereocenters. The molecule has 0 spiro atoms. The zero-order valence-electron chi connectivity index (χ0n) is 9.65. The first-order chi connectivity index (χ1) is 7.48. The molecule has 90 valence electrons. The van der Waals surface area contributed by atoms with E-state index in [2.05, 4.69) is 11.0 Å². The molecule has 1 aliphatic heterocycles. The Kier molecular flexibility index (Phi) is 2.97. The van der Waals surface area contributed by atoms with Crippen molar-refractivity contribution in [1.82, 2.24) is 4.90 Å². The molecule has 2 aliphatic rings. The van der Waals surface area contributed by atoms with Crippen molar-refractivity contribution in [3.63, 3.8) is 0 Å². The first-order valence-corrected chi connectivity index (χ1v) is 7.76. The highest BCUT2D eigenvalue weighted by atomic mass is 32.2. The summed E-state index contributed by atoms with van der Waals surface area (Å²) in [4.78, 5) is 2.25. The smallest absolute Gasteiger partial charge is 0.151 e. The number of hydrogen-bond acceptors (Lipinski definition) is 4. The average molecular weight is 242 g/mol. The van der Waals surface area contributed by atoms with Crippen molar-refractivity contribution in [2.24, 2.45) is 5.41 Å². The van der Waals surface area contributed by atoms with Gasteiger partial charge in [0.25, 0.3) is 0 Å². The fourth-order valence-electron chi connectivity index (χ4n) is 2.67. The van der Waals surface area contributed by atoms with Crippen molar-refractivity contribution in [2.45, 2.75) is 30.9 Å². The van der Waals surface area contributed by atoms with E-state index < -0.39 is 20.5 Å². The third-order valence-electron chi connectivity index (χ3n) is 3.70. The lowest BCUT2D eigenvalue weighted by molar-refractivity contribution is 0.204. The molecule has 1 saturated heterocycles. The number of nitriles is 1. The first kappa shape index (κ1) is 11.9. The van der Waals surface area contributed by atoms with Gasteiger partial charge >= 0.3 is 0 Å². The lowest BCUT2D eigenvalue weighted by Gasteiger charge is -2.28. The maximum atomic E-state index is 11.4. The molecule has 2 rings (SSSR count). The zero-order chi connectivity index (χ0) is 11.8. The molecule has 1 heterocycles. The van der Waals surface area contributed by atoms with Gasteiger partial charge in [-0.25, -0.2) is 8.42 Å². The van der Waals surface area contributed by atoms with Crippen LogP contribution in [0.15, 0.2) is 0 Å². The number of likely N-dealkylation sites (tertiary alicyclic amines) is 1. The maximum Gasteiger partial charge on any atom is 0.151 e. The summed E-state index contributed by atoms with van der Waals surface area (Å²) in [5, 5.41) is 8.76. The van der Waals surface area contributed by atoms with Crippen LogP contribution in [-0.2, 0) is 9.84 Å². The minimum Gasteiger partial charge on any atom is -0.302 e. The molecule has 1 saturated carbocycles. The van der Waals surface area contributed by atoms with E-state index in [-0.39, 0.29) is 0 Å². The summed E-state index contributed by atoms with van der Waals surface area (Å²) in [7, 11) is -3.05. The van der Waals surface area contributed by atoms with E-state index in [1.54, 1.807) is 0 Å². The molecule has 2 atom stereocenters.